The zero-order valence-corrected chi connectivity index (χ0v) is 20.9. The summed E-state index contributed by atoms with van der Waals surface area (Å²) in [6.07, 6.45) is 7.12. The van der Waals surface area contributed by atoms with Crippen LogP contribution in [0.5, 0.6) is 0 Å². The lowest BCUT2D eigenvalue weighted by Crippen LogP contribution is -2.37. The van der Waals surface area contributed by atoms with Gasteiger partial charge in [0.15, 0.2) is 0 Å². The van der Waals surface area contributed by atoms with Crippen LogP contribution >= 0.6 is 0 Å². The summed E-state index contributed by atoms with van der Waals surface area (Å²) in [5.41, 5.74) is 9.47. The number of anilines is 1. The highest BCUT2D eigenvalue weighted by Gasteiger charge is 2.55. The van der Waals surface area contributed by atoms with Gasteiger partial charge >= 0.3 is 0 Å². The van der Waals surface area contributed by atoms with Crippen LogP contribution in [0.15, 0.2) is 119 Å². The minimum atomic E-state index is -0.0658. The molecule has 0 amide bonds. The highest BCUT2D eigenvalue weighted by molar-refractivity contribution is 6.11. The topological polar surface area (TPSA) is 25.2 Å². The Hall–Kier alpha value is -4.04. The molecule has 2 aliphatic carbocycles. The van der Waals surface area contributed by atoms with Gasteiger partial charge in [0.25, 0.3) is 0 Å². The van der Waals surface area contributed by atoms with Crippen molar-refractivity contribution < 1.29 is 4.42 Å². The van der Waals surface area contributed by atoms with Crippen LogP contribution in [0.4, 0.5) is 5.69 Å². The van der Waals surface area contributed by atoms with Gasteiger partial charge in [-0.2, -0.15) is 0 Å². The largest absolute Gasteiger partial charge is 0.456 e. The van der Waals surface area contributed by atoms with Gasteiger partial charge in [-0.3, -0.25) is 0 Å². The molecule has 1 aromatic heterocycles. The highest BCUT2D eigenvalue weighted by atomic mass is 16.3. The first-order chi connectivity index (χ1) is 17.5. The summed E-state index contributed by atoms with van der Waals surface area (Å²) >= 11 is 0. The van der Waals surface area contributed by atoms with Crippen LogP contribution in [0, 0.1) is 5.41 Å². The summed E-state index contributed by atoms with van der Waals surface area (Å²) in [5.74, 6) is 0.335. The maximum absolute atomic E-state index is 6.12. The fraction of sp³-hybridized carbons (Fsp3) is 0.176. The van der Waals surface area contributed by atoms with E-state index in [1.165, 1.54) is 22.3 Å². The molecule has 1 heterocycles. The van der Waals surface area contributed by atoms with E-state index in [1.54, 1.807) is 0 Å². The number of hydrogen-bond donors (Lipinski definition) is 1. The molecule has 176 valence electrons. The summed E-state index contributed by atoms with van der Waals surface area (Å²) in [4.78, 5) is 0. The second-order valence-corrected chi connectivity index (χ2v) is 10.9. The van der Waals surface area contributed by atoms with E-state index in [1.807, 2.05) is 18.2 Å². The molecule has 1 N–H and O–H groups in total. The van der Waals surface area contributed by atoms with Crippen molar-refractivity contribution in [3.63, 3.8) is 0 Å². The van der Waals surface area contributed by atoms with Crippen molar-refractivity contribution in [3.05, 3.63) is 126 Å². The Labute approximate surface area is 212 Å². The Balaban J connectivity index is 1.34. The van der Waals surface area contributed by atoms with Crippen molar-refractivity contribution in [2.45, 2.75) is 32.1 Å². The number of hydrogen-bond acceptors (Lipinski definition) is 2. The Morgan fingerprint density at radius 2 is 1.50 bits per heavy atom. The van der Waals surface area contributed by atoms with Crippen LogP contribution in [0.2, 0.25) is 0 Å². The van der Waals surface area contributed by atoms with Gasteiger partial charge < -0.3 is 9.73 Å². The standard InChI is InChI=1S/C34H29NO/c1-33(2)32-24(22-11-5-4-6-12-22)14-9-15-25(32)27-20-19-23(21-34(27,33)3)35-28-16-10-18-30-31(28)26-13-7-8-17-29(26)36-30/h4-21,27,35H,1-3H3. The number of para-hydroxylation sites is 1. The molecule has 2 unspecified atom stereocenters. The second kappa shape index (κ2) is 7.48. The molecule has 0 fully saturated rings. The first kappa shape index (κ1) is 21.3. The van der Waals surface area contributed by atoms with Crippen molar-refractivity contribution in [3.8, 4) is 11.1 Å². The van der Waals surface area contributed by atoms with E-state index in [0.29, 0.717) is 5.92 Å². The van der Waals surface area contributed by atoms with E-state index in [-0.39, 0.29) is 10.8 Å². The van der Waals surface area contributed by atoms with Gasteiger partial charge in [0.2, 0.25) is 0 Å². The monoisotopic (exact) mass is 467 g/mol. The van der Waals surface area contributed by atoms with E-state index in [4.69, 9.17) is 4.42 Å². The summed E-state index contributed by atoms with van der Waals surface area (Å²) in [6, 6.07) is 32.2. The number of nitrogens with one attached hydrogen (secondary N) is 1. The molecule has 0 spiro atoms. The molecule has 0 aliphatic heterocycles. The summed E-state index contributed by atoms with van der Waals surface area (Å²) in [7, 11) is 0. The van der Waals surface area contributed by atoms with E-state index >= 15 is 0 Å². The van der Waals surface area contributed by atoms with E-state index in [0.717, 1.165) is 33.3 Å². The van der Waals surface area contributed by atoms with Crippen LogP contribution in [-0.2, 0) is 5.41 Å². The van der Waals surface area contributed by atoms with E-state index in [2.05, 4.69) is 117 Å². The number of fused-ring (bicyclic) bond motifs is 6. The van der Waals surface area contributed by atoms with Crippen LogP contribution < -0.4 is 5.32 Å². The number of furan rings is 1. The Kier molecular flexibility index (Phi) is 4.42. The lowest BCUT2D eigenvalue weighted by molar-refractivity contribution is 0.244. The van der Waals surface area contributed by atoms with Crippen molar-refractivity contribution in [1.29, 1.82) is 0 Å². The zero-order valence-electron chi connectivity index (χ0n) is 20.9. The average molecular weight is 468 g/mol. The third-order valence-electron chi connectivity index (χ3n) is 8.74. The maximum atomic E-state index is 6.12. The molecule has 2 nitrogen and oxygen atoms in total. The molecule has 2 heteroatoms. The molecule has 0 saturated heterocycles. The highest BCUT2D eigenvalue weighted by Crippen LogP contribution is 2.63. The molecule has 36 heavy (non-hydrogen) atoms. The number of allylic oxidation sites excluding steroid dienone is 3. The molecule has 2 atom stereocenters. The smallest absolute Gasteiger partial charge is 0.137 e. The van der Waals surface area contributed by atoms with Crippen LogP contribution in [0.25, 0.3) is 33.1 Å². The van der Waals surface area contributed by atoms with Gasteiger partial charge in [-0.05, 0) is 46.5 Å². The van der Waals surface area contributed by atoms with Gasteiger partial charge in [-0.15, -0.1) is 0 Å². The van der Waals surface area contributed by atoms with Crippen LogP contribution in [-0.4, -0.2) is 0 Å². The third-order valence-corrected chi connectivity index (χ3v) is 8.74. The molecule has 2 aliphatic rings. The molecule has 0 bridgehead atoms. The number of rotatable bonds is 3. The zero-order chi connectivity index (χ0) is 24.5. The number of benzene rings is 4. The van der Waals surface area contributed by atoms with Crippen molar-refractivity contribution in [1.82, 2.24) is 0 Å². The fourth-order valence-corrected chi connectivity index (χ4v) is 6.62. The maximum Gasteiger partial charge on any atom is 0.137 e. The predicted octanol–water partition coefficient (Wildman–Crippen LogP) is 9.20. The summed E-state index contributed by atoms with van der Waals surface area (Å²) in [6.45, 7) is 7.25. The van der Waals surface area contributed by atoms with Gasteiger partial charge in [0.05, 0.1) is 11.1 Å². The lowest BCUT2D eigenvalue weighted by atomic mass is 9.61. The molecule has 0 saturated carbocycles. The first-order valence-electron chi connectivity index (χ1n) is 12.7. The molecule has 7 rings (SSSR count). The van der Waals surface area contributed by atoms with Crippen molar-refractivity contribution >= 4 is 27.6 Å². The predicted molar refractivity (Wildman–Crippen MR) is 150 cm³/mol. The fourth-order valence-electron chi connectivity index (χ4n) is 6.62. The minimum Gasteiger partial charge on any atom is -0.456 e. The molecular weight excluding hydrogens is 438 g/mol. The third kappa shape index (κ3) is 2.85. The van der Waals surface area contributed by atoms with Crippen molar-refractivity contribution in [2.75, 3.05) is 5.32 Å². The quantitative estimate of drug-likeness (QED) is 0.286. The molecular formula is C34H29NO. The van der Waals surface area contributed by atoms with Crippen molar-refractivity contribution in [2.24, 2.45) is 5.41 Å². The van der Waals surface area contributed by atoms with Gasteiger partial charge in [0, 0.05) is 27.8 Å². The van der Waals surface area contributed by atoms with E-state index < -0.39 is 0 Å². The second-order valence-electron chi connectivity index (χ2n) is 10.9. The normalized spacial score (nSPS) is 21.9. The average Bonchev–Trinajstić information content (AvgIpc) is 3.36. The summed E-state index contributed by atoms with van der Waals surface area (Å²) < 4.78 is 6.12. The van der Waals surface area contributed by atoms with Gasteiger partial charge in [-0.1, -0.05) is 106 Å². The molecule has 5 aromatic rings. The SMILES string of the molecule is CC1(C)c2c(-c3ccccc3)cccc2C2C=CC(Nc3cccc4oc5ccccc5c34)=CC21C. The lowest BCUT2D eigenvalue weighted by Gasteiger charge is -2.42. The van der Waals surface area contributed by atoms with Gasteiger partial charge in [-0.25, -0.2) is 0 Å². The summed E-state index contributed by atoms with van der Waals surface area (Å²) in [5, 5.41) is 6.04. The molecule has 4 aromatic carbocycles. The Morgan fingerprint density at radius 3 is 2.36 bits per heavy atom. The minimum absolute atomic E-state index is 0.0501. The first-order valence-corrected chi connectivity index (χ1v) is 12.7. The van der Waals surface area contributed by atoms with E-state index in [9.17, 15) is 0 Å². The van der Waals surface area contributed by atoms with Crippen LogP contribution in [0.1, 0.15) is 37.8 Å². The van der Waals surface area contributed by atoms with Gasteiger partial charge in [0.1, 0.15) is 11.2 Å². The Morgan fingerprint density at radius 1 is 0.750 bits per heavy atom. The molecule has 0 radical (unpaired) electrons. The Bertz CT molecular complexity index is 1700. The van der Waals surface area contributed by atoms with Crippen LogP contribution in [0.3, 0.4) is 0 Å².